The van der Waals surface area contributed by atoms with E-state index >= 15 is 0 Å². The van der Waals surface area contributed by atoms with Gasteiger partial charge in [0.1, 0.15) is 22.5 Å². The third-order valence-electron chi connectivity index (χ3n) is 4.71. The fourth-order valence-electron chi connectivity index (χ4n) is 3.23. The molecular weight excluding hydrogens is 392 g/mol. The first-order valence-corrected chi connectivity index (χ1v) is 8.69. The Morgan fingerprint density at radius 1 is 1.17 bits per heavy atom. The Balaban J connectivity index is 1.83. The van der Waals surface area contributed by atoms with Crippen molar-refractivity contribution < 1.29 is 27.5 Å². The van der Waals surface area contributed by atoms with Crippen molar-refractivity contribution in [3.05, 3.63) is 53.9 Å². The minimum atomic E-state index is -4.65. The molecule has 1 atom stereocenters. The van der Waals surface area contributed by atoms with Crippen LogP contribution in [-0.4, -0.2) is 50.1 Å². The van der Waals surface area contributed by atoms with Crippen molar-refractivity contribution in [2.75, 3.05) is 13.1 Å². The van der Waals surface area contributed by atoms with Crippen molar-refractivity contribution >= 4 is 16.9 Å². The zero-order valence-corrected chi connectivity index (χ0v) is 14.8. The van der Waals surface area contributed by atoms with Crippen LogP contribution in [0.2, 0.25) is 0 Å². The van der Waals surface area contributed by atoms with Gasteiger partial charge in [0.2, 0.25) is 0 Å². The first-order valence-electron chi connectivity index (χ1n) is 8.69. The summed E-state index contributed by atoms with van der Waals surface area (Å²) < 4.78 is 53.6. The second kappa shape index (κ2) is 7.03. The highest BCUT2D eigenvalue weighted by molar-refractivity contribution is 5.97. The number of hydrogen-bond donors (Lipinski definition) is 1. The summed E-state index contributed by atoms with van der Waals surface area (Å²) in [5.41, 5.74) is -1.15. The lowest BCUT2D eigenvalue weighted by atomic mass is 10.0. The molecule has 0 aliphatic carbocycles. The fraction of sp³-hybridized carbons (Fsp3) is 0.263. The number of aliphatic hydroxyl groups excluding tert-OH is 1. The summed E-state index contributed by atoms with van der Waals surface area (Å²) in [5.74, 6) is -1.35. The van der Waals surface area contributed by atoms with Gasteiger partial charge >= 0.3 is 6.18 Å². The Bertz CT molecular complexity index is 1100. The van der Waals surface area contributed by atoms with Crippen LogP contribution in [0.5, 0.6) is 0 Å². The summed E-state index contributed by atoms with van der Waals surface area (Å²) in [6.07, 6.45) is -1.09. The number of carbonyl (C=O) groups is 1. The molecule has 3 aromatic rings. The molecule has 6 nitrogen and oxygen atoms in total. The maximum atomic E-state index is 14.4. The molecule has 0 bridgehead atoms. The summed E-state index contributed by atoms with van der Waals surface area (Å²) in [6, 6.07) is 2.06. The van der Waals surface area contributed by atoms with Crippen molar-refractivity contribution in [3.8, 4) is 11.1 Å². The molecule has 1 fully saturated rings. The zero-order chi connectivity index (χ0) is 20.8. The van der Waals surface area contributed by atoms with Crippen LogP contribution in [0.4, 0.5) is 17.6 Å². The lowest BCUT2D eigenvalue weighted by molar-refractivity contribution is -0.137. The first kappa shape index (κ1) is 19.2. The number of alkyl halides is 3. The SMILES string of the molecule is O=C(c1cnc2cncc(-c3cc(C(F)(F)F)ccc3F)c2n1)N1CCC(O)C1. The fourth-order valence-corrected chi connectivity index (χ4v) is 3.23. The van der Waals surface area contributed by atoms with E-state index in [1.54, 1.807) is 0 Å². The minimum Gasteiger partial charge on any atom is -0.391 e. The van der Waals surface area contributed by atoms with Crippen LogP contribution in [0.25, 0.3) is 22.2 Å². The lowest BCUT2D eigenvalue weighted by Crippen LogP contribution is -2.30. The number of aliphatic hydroxyl groups is 1. The molecule has 1 amide bonds. The lowest BCUT2D eigenvalue weighted by Gasteiger charge is -2.15. The third kappa shape index (κ3) is 3.63. The van der Waals surface area contributed by atoms with Crippen LogP contribution in [0.3, 0.4) is 0 Å². The number of amides is 1. The molecule has 1 aliphatic heterocycles. The number of halogens is 4. The number of nitrogens with zero attached hydrogens (tertiary/aromatic N) is 4. The molecule has 1 N–H and O–H groups in total. The van der Waals surface area contributed by atoms with Crippen molar-refractivity contribution in [2.24, 2.45) is 0 Å². The van der Waals surface area contributed by atoms with Gasteiger partial charge in [-0.05, 0) is 24.6 Å². The number of pyridine rings is 1. The number of fused-ring (bicyclic) bond motifs is 1. The Hall–Kier alpha value is -3.14. The van der Waals surface area contributed by atoms with Gasteiger partial charge in [0, 0.05) is 30.4 Å². The van der Waals surface area contributed by atoms with Crippen molar-refractivity contribution in [2.45, 2.75) is 18.7 Å². The Morgan fingerprint density at radius 2 is 1.97 bits per heavy atom. The predicted molar refractivity (Wildman–Crippen MR) is 94.3 cm³/mol. The smallest absolute Gasteiger partial charge is 0.391 e. The number of likely N-dealkylation sites (tertiary alicyclic amines) is 1. The minimum absolute atomic E-state index is 0.00490. The molecule has 1 unspecified atom stereocenters. The molecule has 3 heterocycles. The number of hydrogen-bond acceptors (Lipinski definition) is 5. The van der Waals surface area contributed by atoms with Crippen LogP contribution < -0.4 is 0 Å². The van der Waals surface area contributed by atoms with Gasteiger partial charge in [-0.25, -0.2) is 9.37 Å². The van der Waals surface area contributed by atoms with E-state index in [1.807, 2.05) is 0 Å². The van der Waals surface area contributed by atoms with Gasteiger partial charge in [0.15, 0.2) is 0 Å². The normalized spacial score (nSPS) is 17.1. The first-order chi connectivity index (χ1) is 13.7. The number of rotatable bonds is 2. The number of β-amino-alcohol motifs (C(OH)–C–C–N with tert-alkyl or cyclic N) is 1. The summed E-state index contributed by atoms with van der Waals surface area (Å²) in [7, 11) is 0. The van der Waals surface area contributed by atoms with E-state index in [4.69, 9.17) is 0 Å². The molecule has 0 spiro atoms. The second-order valence-electron chi connectivity index (χ2n) is 6.70. The summed E-state index contributed by atoms with van der Waals surface area (Å²) in [6.45, 7) is 0.509. The summed E-state index contributed by atoms with van der Waals surface area (Å²) >= 11 is 0. The van der Waals surface area contributed by atoms with Crippen LogP contribution >= 0.6 is 0 Å². The molecule has 0 radical (unpaired) electrons. The van der Waals surface area contributed by atoms with Gasteiger partial charge in [-0.3, -0.25) is 14.8 Å². The van der Waals surface area contributed by atoms with E-state index < -0.39 is 29.6 Å². The maximum Gasteiger partial charge on any atom is 0.416 e. The highest BCUT2D eigenvalue weighted by Crippen LogP contribution is 2.35. The number of carbonyl (C=O) groups excluding carboxylic acids is 1. The van der Waals surface area contributed by atoms with E-state index in [1.165, 1.54) is 23.5 Å². The molecule has 10 heteroatoms. The van der Waals surface area contributed by atoms with E-state index in [0.717, 1.165) is 6.07 Å². The van der Waals surface area contributed by atoms with Gasteiger partial charge in [0.05, 0.1) is 24.1 Å². The van der Waals surface area contributed by atoms with Gasteiger partial charge in [-0.15, -0.1) is 0 Å². The standard InChI is InChI=1S/C19H14F4N4O2/c20-14-2-1-10(19(21,22)23)5-12(14)13-6-24-7-15-17(13)26-16(8-25-15)18(29)27-4-3-11(28)9-27/h1-2,5-8,11,28H,3-4,9H2. The molecule has 29 heavy (non-hydrogen) atoms. The quantitative estimate of drug-likeness (QED) is 0.662. The molecule has 1 aliphatic rings. The maximum absolute atomic E-state index is 14.4. The summed E-state index contributed by atoms with van der Waals surface area (Å²) in [5, 5.41) is 9.61. The monoisotopic (exact) mass is 406 g/mol. The molecular formula is C19H14F4N4O2. The van der Waals surface area contributed by atoms with Crippen LogP contribution in [0, 0.1) is 5.82 Å². The Morgan fingerprint density at radius 3 is 2.66 bits per heavy atom. The molecule has 1 aromatic carbocycles. The predicted octanol–water partition coefficient (Wildman–Crippen LogP) is 3.06. The number of benzene rings is 1. The molecule has 0 saturated carbocycles. The highest BCUT2D eigenvalue weighted by atomic mass is 19.4. The van der Waals surface area contributed by atoms with Crippen LogP contribution in [0.15, 0.2) is 36.8 Å². The number of aromatic nitrogens is 3. The van der Waals surface area contributed by atoms with E-state index in [0.29, 0.717) is 25.1 Å². The van der Waals surface area contributed by atoms with E-state index in [-0.39, 0.29) is 34.4 Å². The molecule has 2 aromatic heterocycles. The van der Waals surface area contributed by atoms with Crippen LogP contribution in [-0.2, 0) is 6.18 Å². The topological polar surface area (TPSA) is 79.2 Å². The second-order valence-corrected chi connectivity index (χ2v) is 6.70. The largest absolute Gasteiger partial charge is 0.416 e. The van der Waals surface area contributed by atoms with E-state index in [2.05, 4.69) is 15.0 Å². The van der Waals surface area contributed by atoms with Gasteiger partial charge in [-0.1, -0.05) is 0 Å². The van der Waals surface area contributed by atoms with Crippen molar-refractivity contribution in [1.82, 2.24) is 19.9 Å². The Labute approximate surface area is 161 Å². The average Bonchev–Trinajstić information content (AvgIpc) is 3.12. The zero-order valence-electron chi connectivity index (χ0n) is 14.8. The van der Waals surface area contributed by atoms with Crippen LogP contribution in [0.1, 0.15) is 22.5 Å². The van der Waals surface area contributed by atoms with E-state index in [9.17, 15) is 27.5 Å². The van der Waals surface area contributed by atoms with Crippen molar-refractivity contribution in [1.29, 1.82) is 0 Å². The third-order valence-corrected chi connectivity index (χ3v) is 4.71. The average molecular weight is 406 g/mol. The molecule has 150 valence electrons. The summed E-state index contributed by atoms with van der Waals surface area (Å²) in [4.78, 5) is 26.3. The van der Waals surface area contributed by atoms with Gasteiger partial charge < -0.3 is 10.0 Å². The van der Waals surface area contributed by atoms with Crippen molar-refractivity contribution in [3.63, 3.8) is 0 Å². The highest BCUT2D eigenvalue weighted by Gasteiger charge is 2.32. The van der Waals surface area contributed by atoms with Gasteiger partial charge in [0.25, 0.3) is 5.91 Å². The Kier molecular flexibility index (Phi) is 4.65. The molecule has 4 rings (SSSR count). The van der Waals surface area contributed by atoms with Gasteiger partial charge in [-0.2, -0.15) is 13.2 Å². The molecule has 1 saturated heterocycles.